The van der Waals surface area contributed by atoms with E-state index in [4.69, 9.17) is 0 Å². The summed E-state index contributed by atoms with van der Waals surface area (Å²) in [6.45, 7) is 12.0. The topological polar surface area (TPSA) is 45.5 Å². The lowest BCUT2D eigenvalue weighted by Crippen LogP contribution is -2.39. The predicted molar refractivity (Wildman–Crippen MR) is 134 cm³/mol. The molecule has 1 N–H and O–H groups in total. The van der Waals surface area contributed by atoms with Crippen molar-refractivity contribution in [1.29, 1.82) is 0 Å². The molecule has 4 nitrogen and oxygen atoms in total. The summed E-state index contributed by atoms with van der Waals surface area (Å²) < 4.78 is 2.11. The monoisotopic (exact) mass is 432 g/mol. The molecular formula is C28H36N2O2. The number of aliphatic hydroxyl groups is 1. The van der Waals surface area contributed by atoms with E-state index in [0.717, 1.165) is 29.6 Å². The van der Waals surface area contributed by atoms with Crippen LogP contribution in [0, 0.1) is 11.8 Å². The van der Waals surface area contributed by atoms with Crippen LogP contribution >= 0.6 is 0 Å². The van der Waals surface area contributed by atoms with Crippen molar-refractivity contribution in [3.8, 4) is 0 Å². The van der Waals surface area contributed by atoms with Gasteiger partial charge in [0, 0.05) is 54.4 Å². The second-order valence-corrected chi connectivity index (χ2v) is 9.48. The molecule has 1 heterocycles. The quantitative estimate of drug-likeness (QED) is 0.321. The number of carbonyl (C=O) groups excluding carboxylic acids is 1. The van der Waals surface area contributed by atoms with Crippen molar-refractivity contribution in [2.24, 2.45) is 11.8 Å². The number of aliphatic hydroxyl groups excluding tert-OH is 1. The highest BCUT2D eigenvalue weighted by atomic mass is 16.3. The Bertz CT molecular complexity index is 1020. The average molecular weight is 433 g/mol. The second kappa shape index (κ2) is 11.3. The predicted octanol–water partition coefficient (Wildman–Crippen LogP) is 5.51. The first kappa shape index (κ1) is 24.0. The summed E-state index contributed by atoms with van der Waals surface area (Å²) in [6, 6.07) is 17.4. The highest BCUT2D eigenvalue weighted by molar-refractivity contribution is 6.07. The number of benzene rings is 2. The fourth-order valence-electron chi connectivity index (χ4n) is 4.26. The normalized spacial score (nSPS) is 13.1. The van der Waals surface area contributed by atoms with E-state index in [2.05, 4.69) is 49.3 Å². The molecule has 0 bridgehead atoms. The third-order valence-electron chi connectivity index (χ3n) is 5.42. The number of para-hydroxylation sites is 1. The first-order valence-corrected chi connectivity index (χ1v) is 11.6. The SMILES string of the molecule is CC(C)CN(CC(C)C)C[C@H](O)Cn1cc(/C=C/C(=O)c2ccccc2)c2ccccc21. The Morgan fingerprint density at radius 2 is 1.56 bits per heavy atom. The Balaban J connectivity index is 1.77. The fraction of sp³-hybridized carbons (Fsp3) is 0.393. The van der Waals surface area contributed by atoms with Crippen molar-refractivity contribution in [1.82, 2.24) is 9.47 Å². The van der Waals surface area contributed by atoms with E-state index in [0.29, 0.717) is 30.5 Å². The van der Waals surface area contributed by atoms with Crippen molar-refractivity contribution in [2.75, 3.05) is 19.6 Å². The molecule has 3 aromatic rings. The van der Waals surface area contributed by atoms with Gasteiger partial charge in [0.1, 0.15) is 0 Å². The molecular weight excluding hydrogens is 396 g/mol. The lowest BCUT2D eigenvalue weighted by atomic mass is 10.1. The number of hydrogen-bond acceptors (Lipinski definition) is 3. The first-order valence-electron chi connectivity index (χ1n) is 11.6. The first-order chi connectivity index (χ1) is 15.3. The van der Waals surface area contributed by atoms with Gasteiger partial charge in [-0.2, -0.15) is 0 Å². The lowest BCUT2D eigenvalue weighted by Gasteiger charge is -2.28. The largest absolute Gasteiger partial charge is 0.390 e. The minimum atomic E-state index is -0.467. The second-order valence-electron chi connectivity index (χ2n) is 9.48. The van der Waals surface area contributed by atoms with Crippen molar-refractivity contribution in [2.45, 2.75) is 40.3 Å². The Morgan fingerprint density at radius 3 is 2.22 bits per heavy atom. The van der Waals surface area contributed by atoms with E-state index in [1.54, 1.807) is 6.08 Å². The van der Waals surface area contributed by atoms with Crippen LogP contribution in [-0.2, 0) is 6.54 Å². The molecule has 32 heavy (non-hydrogen) atoms. The van der Waals surface area contributed by atoms with Crippen molar-refractivity contribution in [3.63, 3.8) is 0 Å². The van der Waals surface area contributed by atoms with Crippen LogP contribution in [0.1, 0.15) is 43.6 Å². The Morgan fingerprint density at radius 1 is 0.938 bits per heavy atom. The highest BCUT2D eigenvalue weighted by Gasteiger charge is 2.16. The summed E-state index contributed by atoms with van der Waals surface area (Å²) in [7, 11) is 0. The van der Waals surface area contributed by atoms with Crippen LogP contribution in [0.2, 0.25) is 0 Å². The van der Waals surface area contributed by atoms with Crippen LogP contribution in [0.5, 0.6) is 0 Å². The maximum absolute atomic E-state index is 12.5. The van der Waals surface area contributed by atoms with Crippen molar-refractivity contribution in [3.05, 3.63) is 78.0 Å². The van der Waals surface area contributed by atoms with E-state index >= 15 is 0 Å². The summed E-state index contributed by atoms with van der Waals surface area (Å²) in [5.41, 5.74) is 2.73. The number of carbonyl (C=O) groups is 1. The standard InChI is InChI=1S/C28H36N2O2/c1-21(2)16-29(17-22(3)4)19-25(31)20-30-18-24(26-12-8-9-13-27(26)30)14-15-28(32)23-10-6-5-7-11-23/h5-15,18,21-22,25,31H,16-17,19-20H2,1-4H3/b15-14+/t25-/m0/s1. The van der Waals surface area contributed by atoms with E-state index in [1.807, 2.05) is 54.7 Å². The van der Waals surface area contributed by atoms with Gasteiger partial charge in [-0.3, -0.25) is 4.79 Å². The number of ketones is 1. The molecule has 2 aromatic carbocycles. The van der Waals surface area contributed by atoms with Gasteiger partial charge in [0.25, 0.3) is 0 Å². The third-order valence-corrected chi connectivity index (χ3v) is 5.42. The molecule has 1 atom stereocenters. The minimum Gasteiger partial charge on any atom is -0.390 e. The van der Waals surface area contributed by atoms with Gasteiger partial charge in [0.15, 0.2) is 5.78 Å². The van der Waals surface area contributed by atoms with Gasteiger partial charge in [-0.15, -0.1) is 0 Å². The maximum Gasteiger partial charge on any atom is 0.185 e. The van der Waals surface area contributed by atoms with Crippen LogP contribution in [0.25, 0.3) is 17.0 Å². The van der Waals surface area contributed by atoms with Gasteiger partial charge in [-0.05, 0) is 30.1 Å². The average Bonchev–Trinajstić information content (AvgIpc) is 3.09. The number of aromatic nitrogens is 1. The minimum absolute atomic E-state index is 0.0134. The summed E-state index contributed by atoms with van der Waals surface area (Å²) in [5.74, 6) is 1.11. The Hall–Kier alpha value is -2.69. The van der Waals surface area contributed by atoms with Gasteiger partial charge in [0.2, 0.25) is 0 Å². The van der Waals surface area contributed by atoms with E-state index in [1.165, 1.54) is 0 Å². The van der Waals surface area contributed by atoms with E-state index < -0.39 is 6.10 Å². The molecule has 0 fully saturated rings. The van der Waals surface area contributed by atoms with E-state index in [-0.39, 0.29) is 5.78 Å². The number of hydrogen-bond donors (Lipinski definition) is 1. The van der Waals surface area contributed by atoms with Crippen molar-refractivity contribution < 1.29 is 9.90 Å². The van der Waals surface area contributed by atoms with Crippen LogP contribution in [0.3, 0.4) is 0 Å². The van der Waals surface area contributed by atoms with Gasteiger partial charge in [-0.1, -0.05) is 76.2 Å². The van der Waals surface area contributed by atoms with Crippen LogP contribution in [0.4, 0.5) is 0 Å². The molecule has 0 spiro atoms. The molecule has 1 aromatic heterocycles. The lowest BCUT2D eigenvalue weighted by molar-refractivity contribution is 0.0869. The summed E-state index contributed by atoms with van der Waals surface area (Å²) in [5, 5.41) is 12.0. The molecule has 0 radical (unpaired) electrons. The Kier molecular flexibility index (Phi) is 8.43. The number of allylic oxidation sites excluding steroid dienone is 1. The summed E-state index contributed by atoms with van der Waals surface area (Å²) >= 11 is 0. The van der Waals surface area contributed by atoms with Gasteiger partial charge in [-0.25, -0.2) is 0 Å². The number of rotatable bonds is 11. The smallest absolute Gasteiger partial charge is 0.185 e. The van der Waals surface area contributed by atoms with Gasteiger partial charge >= 0.3 is 0 Å². The fourth-order valence-corrected chi connectivity index (χ4v) is 4.26. The molecule has 0 aliphatic heterocycles. The summed E-state index contributed by atoms with van der Waals surface area (Å²) in [4.78, 5) is 14.9. The number of nitrogens with zero attached hydrogens (tertiary/aromatic N) is 2. The molecule has 0 aliphatic rings. The van der Waals surface area contributed by atoms with Crippen molar-refractivity contribution >= 4 is 22.8 Å². The molecule has 0 amide bonds. The van der Waals surface area contributed by atoms with Crippen LogP contribution in [-0.4, -0.2) is 46.1 Å². The zero-order valence-electron chi connectivity index (χ0n) is 19.7. The molecule has 3 rings (SSSR count). The van der Waals surface area contributed by atoms with Crippen LogP contribution in [0.15, 0.2) is 66.9 Å². The van der Waals surface area contributed by atoms with Gasteiger partial charge in [0.05, 0.1) is 6.10 Å². The molecule has 0 saturated carbocycles. The zero-order valence-corrected chi connectivity index (χ0v) is 19.7. The molecule has 170 valence electrons. The molecule has 4 heteroatoms. The van der Waals surface area contributed by atoms with E-state index in [9.17, 15) is 9.90 Å². The summed E-state index contributed by atoms with van der Waals surface area (Å²) in [6.07, 6.45) is 5.08. The molecule has 0 aliphatic carbocycles. The molecule has 0 unspecified atom stereocenters. The Labute approximate surface area is 192 Å². The third kappa shape index (κ3) is 6.65. The zero-order chi connectivity index (χ0) is 23.1. The maximum atomic E-state index is 12.5. The van der Waals surface area contributed by atoms with Gasteiger partial charge < -0.3 is 14.6 Å². The highest BCUT2D eigenvalue weighted by Crippen LogP contribution is 2.23. The van der Waals surface area contributed by atoms with Crippen LogP contribution < -0.4 is 0 Å². The molecule has 0 saturated heterocycles. The number of fused-ring (bicyclic) bond motifs is 1.